The Morgan fingerprint density at radius 2 is 1.90 bits per heavy atom. The van der Waals surface area contributed by atoms with Gasteiger partial charge in [0.2, 0.25) is 0 Å². The van der Waals surface area contributed by atoms with Gasteiger partial charge in [-0.1, -0.05) is 29.8 Å². The van der Waals surface area contributed by atoms with Gasteiger partial charge in [0.05, 0.1) is 17.0 Å². The standard InChI is InChI=1S/C16H15BrClFO/c1-10-3-5-11(6-4-10)7-14(18)12-8-13(17)15(19)9-16(12)20-2/h3-6,8-9,14H,7H2,1-2H3. The lowest BCUT2D eigenvalue weighted by Crippen LogP contribution is -2.00. The largest absolute Gasteiger partial charge is 0.496 e. The van der Waals surface area contributed by atoms with Crippen LogP contribution in [-0.4, -0.2) is 7.11 Å². The highest BCUT2D eigenvalue weighted by molar-refractivity contribution is 9.10. The van der Waals surface area contributed by atoms with E-state index >= 15 is 0 Å². The number of hydrogen-bond donors (Lipinski definition) is 0. The molecule has 0 saturated carbocycles. The molecular weight excluding hydrogens is 343 g/mol. The summed E-state index contributed by atoms with van der Waals surface area (Å²) in [6.45, 7) is 2.04. The summed E-state index contributed by atoms with van der Waals surface area (Å²) < 4.78 is 19.1. The average molecular weight is 358 g/mol. The molecular formula is C16H15BrClFO. The monoisotopic (exact) mass is 356 g/mol. The van der Waals surface area contributed by atoms with Gasteiger partial charge in [-0.15, -0.1) is 11.6 Å². The summed E-state index contributed by atoms with van der Waals surface area (Å²) in [7, 11) is 1.52. The van der Waals surface area contributed by atoms with Crippen molar-refractivity contribution in [1.82, 2.24) is 0 Å². The van der Waals surface area contributed by atoms with Crippen LogP contribution in [0.4, 0.5) is 4.39 Å². The van der Waals surface area contributed by atoms with Crippen LogP contribution in [0.3, 0.4) is 0 Å². The fraction of sp³-hybridized carbons (Fsp3) is 0.250. The van der Waals surface area contributed by atoms with Crippen LogP contribution >= 0.6 is 27.5 Å². The van der Waals surface area contributed by atoms with Crippen LogP contribution in [-0.2, 0) is 6.42 Å². The molecule has 0 saturated heterocycles. The molecule has 0 fully saturated rings. The molecule has 4 heteroatoms. The number of halogens is 3. The van der Waals surface area contributed by atoms with Gasteiger partial charge < -0.3 is 4.74 Å². The number of alkyl halides is 1. The molecule has 0 aliphatic carbocycles. The zero-order chi connectivity index (χ0) is 14.7. The van der Waals surface area contributed by atoms with Crippen molar-refractivity contribution in [3.63, 3.8) is 0 Å². The minimum Gasteiger partial charge on any atom is -0.496 e. The van der Waals surface area contributed by atoms with E-state index in [9.17, 15) is 4.39 Å². The maximum absolute atomic E-state index is 13.5. The molecule has 1 unspecified atom stereocenters. The Kier molecular flexibility index (Phi) is 5.06. The minimum atomic E-state index is -0.357. The summed E-state index contributed by atoms with van der Waals surface area (Å²) in [6.07, 6.45) is 0.663. The first-order valence-electron chi connectivity index (χ1n) is 6.24. The summed E-state index contributed by atoms with van der Waals surface area (Å²) >= 11 is 9.65. The number of methoxy groups -OCH3 is 1. The van der Waals surface area contributed by atoms with Crippen molar-refractivity contribution in [2.75, 3.05) is 7.11 Å². The molecule has 0 heterocycles. The summed E-state index contributed by atoms with van der Waals surface area (Å²) in [5, 5.41) is -0.274. The Bertz CT molecular complexity index is 598. The molecule has 0 radical (unpaired) electrons. The highest BCUT2D eigenvalue weighted by Crippen LogP contribution is 2.35. The van der Waals surface area contributed by atoms with E-state index in [1.807, 2.05) is 6.92 Å². The van der Waals surface area contributed by atoms with E-state index in [0.29, 0.717) is 16.6 Å². The number of benzene rings is 2. The first-order valence-corrected chi connectivity index (χ1v) is 7.46. The lowest BCUT2D eigenvalue weighted by atomic mass is 10.0. The fourth-order valence-corrected chi connectivity index (χ4v) is 2.72. The van der Waals surface area contributed by atoms with E-state index in [4.69, 9.17) is 16.3 Å². The van der Waals surface area contributed by atoms with Crippen LogP contribution < -0.4 is 4.74 Å². The van der Waals surface area contributed by atoms with Crippen molar-refractivity contribution in [3.05, 3.63) is 63.4 Å². The molecule has 1 nitrogen and oxygen atoms in total. The topological polar surface area (TPSA) is 9.23 Å². The van der Waals surface area contributed by atoms with Crippen LogP contribution in [0.5, 0.6) is 5.75 Å². The van der Waals surface area contributed by atoms with Crippen LogP contribution in [0.15, 0.2) is 40.9 Å². The predicted octanol–water partition coefficient (Wildman–Crippen LogP) is 5.43. The van der Waals surface area contributed by atoms with Gasteiger partial charge in [0.1, 0.15) is 11.6 Å². The summed E-state index contributed by atoms with van der Waals surface area (Å²) in [4.78, 5) is 0. The van der Waals surface area contributed by atoms with Crippen molar-refractivity contribution in [2.45, 2.75) is 18.7 Å². The zero-order valence-corrected chi connectivity index (χ0v) is 13.6. The number of ether oxygens (including phenoxy) is 1. The fourth-order valence-electron chi connectivity index (χ4n) is 2.01. The van der Waals surface area contributed by atoms with Gasteiger partial charge in [0.15, 0.2) is 0 Å². The van der Waals surface area contributed by atoms with Gasteiger partial charge in [0, 0.05) is 11.6 Å². The first kappa shape index (κ1) is 15.3. The van der Waals surface area contributed by atoms with Gasteiger partial charge in [-0.05, 0) is 40.9 Å². The minimum absolute atomic E-state index is 0.274. The highest BCUT2D eigenvalue weighted by atomic mass is 79.9. The number of rotatable bonds is 4. The van der Waals surface area contributed by atoms with E-state index in [-0.39, 0.29) is 11.2 Å². The lowest BCUT2D eigenvalue weighted by Gasteiger charge is -2.15. The summed E-state index contributed by atoms with van der Waals surface area (Å²) in [5.74, 6) is 0.114. The molecule has 2 aromatic rings. The Morgan fingerprint density at radius 3 is 2.50 bits per heavy atom. The Balaban J connectivity index is 2.26. The molecule has 20 heavy (non-hydrogen) atoms. The van der Waals surface area contributed by atoms with Crippen molar-refractivity contribution in [3.8, 4) is 5.75 Å². The molecule has 0 N–H and O–H groups in total. The summed E-state index contributed by atoms with van der Waals surface area (Å²) in [5.41, 5.74) is 3.13. The van der Waals surface area contributed by atoms with Crippen LogP contribution in [0.1, 0.15) is 22.1 Å². The third-order valence-corrected chi connectivity index (χ3v) is 4.14. The molecule has 0 aromatic heterocycles. The molecule has 1 atom stereocenters. The molecule has 0 aliphatic rings. The predicted molar refractivity (Wildman–Crippen MR) is 84.1 cm³/mol. The van der Waals surface area contributed by atoms with Gasteiger partial charge in [-0.25, -0.2) is 4.39 Å². The van der Waals surface area contributed by atoms with Crippen molar-refractivity contribution in [2.24, 2.45) is 0 Å². The normalized spacial score (nSPS) is 12.2. The second kappa shape index (κ2) is 6.59. The van der Waals surface area contributed by atoms with Crippen LogP contribution in [0, 0.1) is 12.7 Å². The van der Waals surface area contributed by atoms with E-state index < -0.39 is 0 Å². The van der Waals surface area contributed by atoms with E-state index in [1.54, 1.807) is 6.07 Å². The van der Waals surface area contributed by atoms with Crippen molar-refractivity contribution >= 4 is 27.5 Å². The average Bonchev–Trinajstić information content (AvgIpc) is 2.43. The van der Waals surface area contributed by atoms with Crippen LogP contribution in [0.25, 0.3) is 0 Å². The van der Waals surface area contributed by atoms with Crippen molar-refractivity contribution < 1.29 is 9.13 Å². The molecule has 0 bridgehead atoms. The Labute approximate surface area is 131 Å². The van der Waals surface area contributed by atoms with E-state index in [0.717, 1.165) is 11.1 Å². The molecule has 0 aliphatic heterocycles. The third kappa shape index (κ3) is 3.53. The highest BCUT2D eigenvalue weighted by Gasteiger charge is 2.17. The van der Waals surface area contributed by atoms with E-state index in [1.165, 1.54) is 18.7 Å². The summed E-state index contributed by atoms with van der Waals surface area (Å²) in [6, 6.07) is 11.2. The number of hydrogen-bond acceptors (Lipinski definition) is 1. The van der Waals surface area contributed by atoms with Crippen molar-refractivity contribution in [1.29, 1.82) is 0 Å². The maximum atomic E-state index is 13.5. The molecule has 2 rings (SSSR count). The number of aryl methyl sites for hydroxylation is 1. The second-order valence-electron chi connectivity index (χ2n) is 4.67. The van der Waals surface area contributed by atoms with Gasteiger partial charge in [-0.2, -0.15) is 0 Å². The second-order valence-corrected chi connectivity index (χ2v) is 6.05. The first-order chi connectivity index (χ1) is 9.51. The molecule has 2 aromatic carbocycles. The Morgan fingerprint density at radius 1 is 1.25 bits per heavy atom. The molecule has 106 valence electrons. The van der Waals surface area contributed by atoms with Crippen LogP contribution in [0.2, 0.25) is 0 Å². The van der Waals surface area contributed by atoms with Gasteiger partial charge in [-0.3, -0.25) is 0 Å². The smallest absolute Gasteiger partial charge is 0.141 e. The quantitative estimate of drug-likeness (QED) is 0.663. The van der Waals surface area contributed by atoms with Gasteiger partial charge in [0.25, 0.3) is 0 Å². The zero-order valence-electron chi connectivity index (χ0n) is 11.3. The van der Waals surface area contributed by atoms with E-state index in [2.05, 4.69) is 40.2 Å². The lowest BCUT2D eigenvalue weighted by molar-refractivity contribution is 0.405. The maximum Gasteiger partial charge on any atom is 0.141 e. The SMILES string of the molecule is COc1cc(F)c(Br)cc1C(Cl)Cc1ccc(C)cc1. The van der Waals surface area contributed by atoms with Gasteiger partial charge >= 0.3 is 0 Å². The third-order valence-electron chi connectivity index (χ3n) is 3.15. The molecule has 0 spiro atoms. The molecule has 0 amide bonds. The Hall–Kier alpha value is -1.06.